The van der Waals surface area contributed by atoms with E-state index in [1.165, 1.54) is 0 Å². The second-order valence-corrected chi connectivity index (χ2v) is 6.24. The Labute approximate surface area is 138 Å². The number of fused-ring (bicyclic) bond motifs is 1. The van der Waals surface area contributed by atoms with E-state index in [0.717, 1.165) is 16.8 Å². The zero-order valence-electron chi connectivity index (χ0n) is 13.5. The zero-order chi connectivity index (χ0) is 16.7. The number of nitrogens with one attached hydrogen (secondary N) is 1. The highest BCUT2D eigenvalue weighted by atomic mass is 19.1. The molecule has 1 fully saturated rings. The Bertz CT molecular complexity index is 830. The van der Waals surface area contributed by atoms with Gasteiger partial charge >= 0.3 is 0 Å². The Hall–Kier alpha value is -2.41. The van der Waals surface area contributed by atoms with Gasteiger partial charge in [-0.2, -0.15) is 5.10 Å². The fourth-order valence-electron chi connectivity index (χ4n) is 3.39. The number of nitrogens with zero attached hydrogens (tertiary/aromatic N) is 3. The van der Waals surface area contributed by atoms with Gasteiger partial charge in [-0.1, -0.05) is 0 Å². The number of morpholine rings is 1. The molecule has 3 heterocycles. The highest BCUT2D eigenvalue weighted by Crippen LogP contribution is 2.33. The van der Waals surface area contributed by atoms with Gasteiger partial charge in [-0.25, -0.2) is 9.49 Å². The number of aromatic amines is 1. The minimum atomic E-state index is -0.196. The SMILES string of the molecule is Cc1c(N2Cc3cc(F)c(N4CCOCC4)cc3C2)cn[nH]c1=O. The van der Waals surface area contributed by atoms with Crippen LogP contribution in [0.15, 0.2) is 23.1 Å². The van der Waals surface area contributed by atoms with Crippen molar-refractivity contribution in [3.63, 3.8) is 0 Å². The summed E-state index contributed by atoms with van der Waals surface area (Å²) < 4.78 is 19.9. The number of halogens is 1. The van der Waals surface area contributed by atoms with Gasteiger partial charge < -0.3 is 14.5 Å². The molecule has 0 atom stereocenters. The molecule has 1 aromatic heterocycles. The lowest BCUT2D eigenvalue weighted by Crippen LogP contribution is -2.36. The summed E-state index contributed by atoms with van der Waals surface area (Å²) in [5, 5.41) is 6.32. The Balaban J connectivity index is 1.64. The van der Waals surface area contributed by atoms with E-state index in [-0.39, 0.29) is 11.4 Å². The predicted octanol–water partition coefficient (Wildman–Crippen LogP) is 1.57. The molecule has 1 aromatic carbocycles. The van der Waals surface area contributed by atoms with E-state index in [1.54, 1.807) is 19.2 Å². The molecular weight excluding hydrogens is 311 g/mol. The van der Waals surface area contributed by atoms with Gasteiger partial charge in [0, 0.05) is 31.7 Å². The first-order valence-corrected chi connectivity index (χ1v) is 8.06. The van der Waals surface area contributed by atoms with Crippen LogP contribution < -0.4 is 15.4 Å². The van der Waals surface area contributed by atoms with Gasteiger partial charge in [0.15, 0.2) is 0 Å². The van der Waals surface area contributed by atoms with E-state index >= 15 is 0 Å². The molecule has 0 radical (unpaired) electrons. The third-order valence-electron chi connectivity index (χ3n) is 4.76. The summed E-state index contributed by atoms with van der Waals surface area (Å²) in [6.45, 7) is 5.67. The molecule has 24 heavy (non-hydrogen) atoms. The van der Waals surface area contributed by atoms with Crippen molar-refractivity contribution in [1.29, 1.82) is 0 Å². The van der Waals surface area contributed by atoms with Crippen molar-refractivity contribution in [2.45, 2.75) is 20.0 Å². The zero-order valence-corrected chi connectivity index (χ0v) is 13.5. The molecule has 0 unspecified atom stereocenters. The van der Waals surface area contributed by atoms with Crippen molar-refractivity contribution in [1.82, 2.24) is 10.2 Å². The first-order valence-electron chi connectivity index (χ1n) is 8.06. The molecule has 4 rings (SSSR count). The van der Waals surface area contributed by atoms with Crippen molar-refractivity contribution in [2.24, 2.45) is 0 Å². The summed E-state index contributed by atoms with van der Waals surface area (Å²) in [5.74, 6) is -0.196. The monoisotopic (exact) mass is 330 g/mol. The summed E-state index contributed by atoms with van der Waals surface area (Å²) in [7, 11) is 0. The Morgan fingerprint density at radius 1 is 1.12 bits per heavy atom. The van der Waals surface area contributed by atoms with Gasteiger partial charge in [-0.05, 0) is 30.2 Å². The maximum atomic E-state index is 14.5. The molecule has 6 nitrogen and oxygen atoms in total. The van der Waals surface area contributed by atoms with Crippen LogP contribution in [0.4, 0.5) is 15.8 Å². The molecule has 0 bridgehead atoms. The van der Waals surface area contributed by atoms with E-state index < -0.39 is 0 Å². The second kappa shape index (κ2) is 5.90. The fourth-order valence-corrected chi connectivity index (χ4v) is 3.39. The molecule has 126 valence electrons. The van der Waals surface area contributed by atoms with Crippen molar-refractivity contribution >= 4 is 11.4 Å². The average Bonchev–Trinajstić information content (AvgIpc) is 3.00. The number of aromatic nitrogens is 2. The van der Waals surface area contributed by atoms with Crippen LogP contribution in [0.1, 0.15) is 16.7 Å². The number of H-pyrrole nitrogens is 1. The van der Waals surface area contributed by atoms with Gasteiger partial charge in [-0.15, -0.1) is 0 Å². The van der Waals surface area contributed by atoms with Gasteiger partial charge in [0.05, 0.1) is 30.8 Å². The van der Waals surface area contributed by atoms with E-state index in [4.69, 9.17) is 4.74 Å². The predicted molar refractivity (Wildman–Crippen MR) is 88.9 cm³/mol. The summed E-state index contributed by atoms with van der Waals surface area (Å²) in [5.41, 5.74) is 3.93. The molecule has 2 aliphatic rings. The summed E-state index contributed by atoms with van der Waals surface area (Å²) in [6.07, 6.45) is 1.65. The summed E-state index contributed by atoms with van der Waals surface area (Å²) in [6, 6.07) is 3.56. The molecule has 1 saturated heterocycles. The molecular formula is C17H19FN4O2. The topological polar surface area (TPSA) is 61.5 Å². The third kappa shape index (κ3) is 2.54. The van der Waals surface area contributed by atoms with E-state index in [1.807, 2.05) is 11.0 Å². The van der Waals surface area contributed by atoms with Gasteiger partial charge in [-0.3, -0.25) is 4.79 Å². The van der Waals surface area contributed by atoms with Crippen molar-refractivity contribution in [3.8, 4) is 0 Å². The molecule has 0 spiro atoms. The van der Waals surface area contributed by atoms with Crippen LogP contribution in [0.25, 0.3) is 0 Å². The highest BCUT2D eigenvalue weighted by Gasteiger charge is 2.25. The minimum Gasteiger partial charge on any atom is -0.378 e. The lowest BCUT2D eigenvalue weighted by atomic mass is 10.1. The Kier molecular flexibility index (Phi) is 3.72. The summed E-state index contributed by atoms with van der Waals surface area (Å²) in [4.78, 5) is 15.9. The highest BCUT2D eigenvalue weighted by molar-refractivity contribution is 5.59. The van der Waals surface area contributed by atoms with Crippen molar-refractivity contribution in [3.05, 3.63) is 51.2 Å². The maximum Gasteiger partial charge on any atom is 0.269 e. The smallest absolute Gasteiger partial charge is 0.269 e. The normalized spacial score (nSPS) is 17.2. The number of ether oxygens (including phenoxy) is 1. The Morgan fingerprint density at radius 2 is 1.83 bits per heavy atom. The summed E-state index contributed by atoms with van der Waals surface area (Å²) >= 11 is 0. The third-order valence-corrected chi connectivity index (χ3v) is 4.76. The molecule has 0 amide bonds. The van der Waals surface area contributed by atoms with Crippen LogP contribution in [0.2, 0.25) is 0 Å². The largest absolute Gasteiger partial charge is 0.378 e. The number of hydrogen-bond acceptors (Lipinski definition) is 5. The van der Waals surface area contributed by atoms with Crippen molar-refractivity contribution < 1.29 is 9.13 Å². The quantitative estimate of drug-likeness (QED) is 0.906. The fraction of sp³-hybridized carbons (Fsp3) is 0.412. The molecule has 2 aliphatic heterocycles. The lowest BCUT2D eigenvalue weighted by Gasteiger charge is -2.29. The van der Waals surface area contributed by atoms with Crippen LogP contribution in [0, 0.1) is 12.7 Å². The van der Waals surface area contributed by atoms with Crippen LogP contribution in [-0.2, 0) is 17.8 Å². The van der Waals surface area contributed by atoms with Gasteiger partial charge in [0.2, 0.25) is 0 Å². The second-order valence-electron chi connectivity index (χ2n) is 6.24. The number of rotatable bonds is 2. The van der Waals surface area contributed by atoms with Crippen molar-refractivity contribution in [2.75, 3.05) is 36.1 Å². The number of hydrogen-bond donors (Lipinski definition) is 1. The number of benzene rings is 1. The van der Waals surface area contributed by atoms with Crippen LogP contribution in [0.5, 0.6) is 0 Å². The van der Waals surface area contributed by atoms with Crippen LogP contribution in [0.3, 0.4) is 0 Å². The molecule has 1 N–H and O–H groups in total. The van der Waals surface area contributed by atoms with E-state index in [0.29, 0.717) is 50.6 Å². The minimum absolute atomic E-state index is 0.191. The van der Waals surface area contributed by atoms with Crippen LogP contribution >= 0.6 is 0 Å². The first kappa shape index (κ1) is 15.1. The number of anilines is 2. The van der Waals surface area contributed by atoms with Gasteiger partial charge in [0.1, 0.15) is 5.82 Å². The van der Waals surface area contributed by atoms with E-state index in [9.17, 15) is 9.18 Å². The van der Waals surface area contributed by atoms with Crippen LogP contribution in [-0.4, -0.2) is 36.5 Å². The Morgan fingerprint density at radius 3 is 2.58 bits per heavy atom. The molecule has 0 aliphatic carbocycles. The molecule has 0 saturated carbocycles. The molecule has 2 aromatic rings. The van der Waals surface area contributed by atoms with Gasteiger partial charge in [0.25, 0.3) is 5.56 Å². The average molecular weight is 330 g/mol. The standard InChI is InChI=1S/C17H19FN4O2/c1-11-16(8-19-20-17(11)23)22-9-12-6-14(18)15(7-13(12)10-22)21-2-4-24-5-3-21/h6-8H,2-5,9-10H2,1H3,(H,20,23). The first-order chi connectivity index (χ1) is 11.6. The van der Waals surface area contributed by atoms with E-state index in [2.05, 4.69) is 15.1 Å². The maximum absolute atomic E-state index is 14.5. The lowest BCUT2D eigenvalue weighted by molar-refractivity contribution is 0.122. The molecule has 7 heteroatoms.